The molecule has 0 nitrogen and oxygen atoms in total. The molecule has 6 unspecified atom stereocenters. The molecule has 7 aliphatic carbocycles. The standard InChI is InChI=1S/C18H30.C18H18.C9H18.2CH3.2ClH.Zr/c2*1-18(2)10-14-8-13-7-12-5-3-4-6-16(12)17(13)9-15(14)11-18;1-2-3-6-9-7-4-5-8-9;;;;;/h12-17H,3-11H2,1-2H3;3-6,8-9H,7,10-11H2,1-2H3;9H,2-8H2,1H3;2*1H3;2*1H;/q;;;2*-1;;;+4/p-2. The Bertz CT molecular complexity index is 1340. The number of rotatable bonds is 3. The van der Waals surface area contributed by atoms with E-state index in [1.165, 1.54) is 92.9 Å². The maximum atomic E-state index is 4.93. The van der Waals surface area contributed by atoms with Gasteiger partial charge in [0.05, 0.1) is 0 Å². The zero-order valence-corrected chi connectivity index (χ0v) is 37.2. The van der Waals surface area contributed by atoms with Gasteiger partial charge in [-0.25, -0.2) is 0 Å². The van der Waals surface area contributed by atoms with Crippen LogP contribution in [0.15, 0.2) is 36.4 Å². The Balaban J connectivity index is 0.000000167. The minimum atomic E-state index is -0.826. The number of hydrogen-bond acceptors (Lipinski definition) is 0. The third kappa shape index (κ3) is 10.4. The molecule has 3 heteroatoms. The Morgan fingerprint density at radius 2 is 1.24 bits per heavy atom. The van der Waals surface area contributed by atoms with Crippen LogP contribution in [0.2, 0.25) is 0 Å². The van der Waals surface area contributed by atoms with Gasteiger partial charge in [0.2, 0.25) is 0 Å². The summed E-state index contributed by atoms with van der Waals surface area (Å²) in [4.78, 5) is 0. The van der Waals surface area contributed by atoms with Crippen LogP contribution in [0.1, 0.15) is 160 Å². The van der Waals surface area contributed by atoms with Crippen molar-refractivity contribution in [2.45, 2.75) is 157 Å². The summed E-state index contributed by atoms with van der Waals surface area (Å²) in [6.07, 6.45) is 28.2. The molecule has 5 fully saturated rings. The van der Waals surface area contributed by atoms with Crippen LogP contribution in [0.4, 0.5) is 0 Å². The molecule has 0 radical (unpaired) electrons. The van der Waals surface area contributed by atoms with Gasteiger partial charge in [0.1, 0.15) is 0 Å². The van der Waals surface area contributed by atoms with Gasteiger partial charge in [0.25, 0.3) is 0 Å². The SMILES string of the molecule is CC1(C)CC2CC3CC4CCCCC4C3CC2C1.CC1(C)Cc2cc3c(cc2C1)-c1ccccc1C3.CCCCC1CCCC1.[CH3-].[CH3-].[Cl][Zr+2][Cl]. The molecule has 0 bridgehead atoms. The fraction of sp³-hybridized carbons (Fsp3) is 0.702. The van der Waals surface area contributed by atoms with Gasteiger partial charge >= 0.3 is 37.9 Å². The van der Waals surface area contributed by atoms with E-state index in [4.69, 9.17) is 17.0 Å². The molecule has 2 aromatic carbocycles. The summed E-state index contributed by atoms with van der Waals surface area (Å²) >= 11 is -0.826. The predicted molar refractivity (Wildman–Crippen MR) is 218 cm³/mol. The van der Waals surface area contributed by atoms with Crippen molar-refractivity contribution in [1.82, 2.24) is 0 Å². The molecule has 0 amide bonds. The average molecular weight is 799 g/mol. The molecular formula is C47H72Cl2Zr. The number of fused-ring (bicyclic) bond motifs is 8. The molecule has 7 aliphatic rings. The molecule has 278 valence electrons. The number of hydrogen-bond donors (Lipinski definition) is 0. The monoisotopic (exact) mass is 796 g/mol. The molecule has 0 aliphatic heterocycles. The summed E-state index contributed by atoms with van der Waals surface area (Å²) in [7, 11) is 9.87. The van der Waals surface area contributed by atoms with Crippen LogP contribution in [0.5, 0.6) is 0 Å². The summed E-state index contributed by atoms with van der Waals surface area (Å²) < 4.78 is 0. The average Bonchev–Trinajstić information content (AvgIpc) is 3.86. The summed E-state index contributed by atoms with van der Waals surface area (Å²) in [5.41, 5.74) is 10.3. The molecule has 9 rings (SSSR count). The number of halogens is 2. The number of unbranched alkanes of at least 4 members (excludes halogenated alkanes) is 1. The van der Waals surface area contributed by atoms with E-state index < -0.39 is 20.8 Å². The second-order valence-electron chi connectivity index (χ2n) is 18.9. The van der Waals surface area contributed by atoms with E-state index in [1.54, 1.807) is 56.1 Å². The van der Waals surface area contributed by atoms with E-state index >= 15 is 0 Å². The van der Waals surface area contributed by atoms with Crippen LogP contribution in [-0.2, 0) is 40.1 Å². The van der Waals surface area contributed by atoms with Crippen molar-refractivity contribution in [3.05, 3.63) is 73.5 Å². The van der Waals surface area contributed by atoms with Gasteiger partial charge < -0.3 is 14.9 Å². The van der Waals surface area contributed by atoms with Gasteiger partial charge in [-0.05, 0) is 143 Å². The van der Waals surface area contributed by atoms with Crippen molar-refractivity contribution in [2.75, 3.05) is 0 Å². The molecular weight excluding hydrogens is 727 g/mol. The Morgan fingerprint density at radius 3 is 1.94 bits per heavy atom. The van der Waals surface area contributed by atoms with Gasteiger partial charge in [-0.2, -0.15) is 0 Å². The van der Waals surface area contributed by atoms with Crippen molar-refractivity contribution in [3.8, 4) is 11.1 Å². The fourth-order valence-corrected chi connectivity index (χ4v) is 12.3. The third-order valence-electron chi connectivity index (χ3n) is 14.1. The molecule has 50 heavy (non-hydrogen) atoms. The number of benzene rings is 2. The van der Waals surface area contributed by atoms with Gasteiger partial charge in [-0.3, -0.25) is 0 Å². The Morgan fingerprint density at radius 1 is 0.640 bits per heavy atom. The molecule has 0 N–H and O–H groups in total. The molecule has 2 aromatic rings. The van der Waals surface area contributed by atoms with Crippen LogP contribution in [0, 0.1) is 67.1 Å². The first-order valence-corrected chi connectivity index (χ1v) is 26.6. The van der Waals surface area contributed by atoms with Gasteiger partial charge in [0.15, 0.2) is 0 Å². The van der Waals surface area contributed by atoms with Crippen LogP contribution in [0.25, 0.3) is 11.1 Å². The molecule has 0 aromatic heterocycles. The van der Waals surface area contributed by atoms with Gasteiger partial charge in [0, 0.05) is 0 Å². The first kappa shape index (κ1) is 42.6. The van der Waals surface area contributed by atoms with Gasteiger partial charge in [-0.15, -0.1) is 0 Å². The first-order valence-electron chi connectivity index (χ1n) is 20.3. The second-order valence-corrected chi connectivity index (χ2v) is 22.7. The van der Waals surface area contributed by atoms with E-state index in [-0.39, 0.29) is 14.9 Å². The summed E-state index contributed by atoms with van der Waals surface area (Å²) in [5, 5.41) is 0. The van der Waals surface area contributed by atoms with Gasteiger partial charge in [-0.1, -0.05) is 135 Å². The van der Waals surface area contributed by atoms with Crippen LogP contribution < -0.4 is 0 Å². The van der Waals surface area contributed by atoms with E-state index in [0.717, 1.165) is 47.8 Å². The van der Waals surface area contributed by atoms with Crippen molar-refractivity contribution in [3.63, 3.8) is 0 Å². The zero-order valence-electron chi connectivity index (χ0n) is 33.2. The first-order chi connectivity index (χ1) is 23.1. The molecule has 6 atom stereocenters. The van der Waals surface area contributed by atoms with Crippen molar-refractivity contribution in [2.24, 2.45) is 52.3 Å². The maximum absolute atomic E-state index is 4.93. The summed E-state index contributed by atoms with van der Waals surface area (Å²) in [6.45, 7) is 12.1. The summed E-state index contributed by atoms with van der Waals surface area (Å²) in [6, 6.07) is 13.8. The normalized spacial score (nSPS) is 29.9. The van der Waals surface area contributed by atoms with E-state index in [1.807, 2.05) is 0 Å². The predicted octanol–water partition coefficient (Wildman–Crippen LogP) is 15.3. The molecule has 0 heterocycles. The Hall–Kier alpha value is -0.0969. The van der Waals surface area contributed by atoms with Crippen LogP contribution in [-0.4, -0.2) is 0 Å². The van der Waals surface area contributed by atoms with Crippen molar-refractivity contribution in [1.29, 1.82) is 0 Å². The van der Waals surface area contributed by atoms with Crippen molar-refractivity contribution >= 4 is 17.0 Å². The quantitative estimate of drug-likeness (QED) is 0.232. The Labute approximate surface area is 329 Å². The topological polar surface area (TPSA) is 0 Å². The van der Waals surface area contributed by atoms with Crippen molar-refractivity contribution < 1.29 is 20.8 Å². The third-order valence-corrected chi connectivity index (χ3v) is 14.1. The Kier molecular flexibility index (Phi) is 16.2. The van der Waals surface area contributed by atoms with E-state index in [9.17, 15) is 0 Å². The molecule has 0 spiro atoms. The molecule has 0 saturated heterocycles. The second kappa shape index (κ2) is 19.0. The van der Waals surface area contributed by atoms with E-state index in [2.05, 4.69) is 71.0 Å². The molecule has 5 saturated carbocycles. The summed E-state index contributed by atoms with van der Waals surface area (Å²) in [5.74, 6) is 7.96. The fourth-order valence-electron chi connectivity index (χ4n) is 12.3. The van der Waals surface area contributed by atoms with Crippen LogP contribution in [0.3, 0.4) is 0 Å². The van der Waals surface area contributed by atoms with Crippen LogP contribution >= 0.6 is 17.0 Å². The zero-order chi connectivity index (χ0) is 33.9. The minimum absolute atomic E-state index is 0. The van der Waals surface area contributed by atoms with E-state index in [0.29, 0.717) is 10.8 Å².